The van der Waals surface area contributed by atoms with E-state index in [4.69, 9.17) is 5.11 Å². The average molecular weight is 362 g/mol. The Morgan fingerprint density at radius 2 is 1.68 bits per heavy atom. The second-order valence-corrected chi connectivity index (χ2v) is 7.86. The summed E-state index contributed by atoms with van der Waals surface area (Å²) in [5, 5.41) is 9.03. The summed E-state index contributed by atoms with van der Waals surface area (Å²) < 4.78 is 26.7. The smallest absolute Gasteiger partial charge is 0.341 e. The van der Waals surface area contributed by atoms with E-state index in [-0.39, 0.29) is 10.5 Å². The van der Waals surface area contributed by atoms with Gasteiger partial charge in [-0.25, -0.2) is 13.2 Å². The van der Waals surface area contributed by atoms with Gasteiger partial charge >= 0.3 is 5.97 Å². The van der Waals surface area contributed by atoms with Gasteiger partial charge in [-0.15, -0.1) is 0 Å². The maximum absolute atomic E-state index is 12.6. The van der Waals surface area contributed by atoms with Gasteiger partial charge in [0.1, 0.15) is 5.56 Å². The van der Waals surface area contributed by atoms with Crippen LogP contribution < -0.4 is 5.56 Å². The lowest BCUT2D eigenvalue weighted by atomic mass is 10.1. The van der Waals surface area contributed by atoms with Crippen molar-refractivity contribution in [1.29, 1.82) is 0 Å². The van der Waals surface area contributed by atoms with Gasteiger partial charge in [-0.3, -0.25) is 4.79 Å². The highest BCUT2D eigenvalue weighted by Crippen LogP contribution is 2.24. The van der Waals surface area contributed by atoms with Crippen molar-refractivity contribution in [3.63, 3.8) is 0 Å². The normalized spacial score (nSPS) is 15.8. The highest BCUT2D eigenvalue weighted by atomic mass is 32.2. The van der Waals surface area contributed by atoms with Crippen LogP contribution in [-0.2, 0) is 10.0 Å². The first kappa shape index (κ1) is 17.4. The third-order valence-corrected chi connectivity index (χ3v) is 6.19. The Morgan fingerprint density at radius 1 is 1.04 bits per heavy atom. The molecule has 0 spiro atoms. The van der Waals surface area contributed by atoms with Crippen LogP contribution in [0, 0.1) is 0 Å². The Bertz CT molecular complexity index is 942. The molecule has 1 fully saturated rings. The zero-order chi connectivity index (χ0) is 18.0. The van der Waals surface area contributed by atoms with Crippen molar-refractivity contribution in [2.45, 2.75) is 24.2 Å². The number of aromatic amines is 1. The summed E-state index contributed by atoms with van der Waals surface area (Å²) in [7, 11) is -3.51. The standard InChI is InChI=1S/C17H18N2O5S/c20-16-15(17(21)22)10-13(11-18-16)12-4-6-14(7-5-12)25(23,24)19-8-2-1-3-9-19/h4-7,10-11H,1-3,8-9H2,(H,18,20)(H,21,22). The Morgan fingerprint density at radius 3 is 2.28 bits per heavy atom. The highest BCUT2D eigenvalue weighted by Gasteiger charge is 2.25. The number of hydrogen-bond donors (Lipinski definition) is 2. The van der Waals surface area contributed by atoms with Crippen LogP contribution in [0.1, 0.15) is 29.6 Å². The number of pyridine rings is 1. The van der Waals surface area contributed by atoms with Crippen LogP contribution in [0.4, 0.5) is 0 Å². The van der Waals surface area contributed by atoms with E-state index in [0.29, 0.717) is 24.2 Å². The molecular formula is C17H18N2O5S. The lowest BCUT2D eigenvalue weighted by molar-refractivity contribution is 0.0695. The van der Waals surface area contributed by atoms with Crippen molar-refractivity contribution in [3.05, 3.63) is 52.4 Å². The van der Waals surface area contributed by atoms with Gasteiger partial charge in [0.15, 0.2) is 0 Å². The zero-order valence-electron chi connectivity index (χ0n) is 13.4. The molecule has 0 unspecified atom stereocenters. The number of piperidine rings is 1. The molecule has 0 amide bonds. The van der Waals surface area contributed by atoms with Crippen molar-refractivity contribution in [3.8, 4) is 11.1 Å². The summed E-state index contributed by atoms with van der Waals surface area (Å²) in [5.74, 6) is -1.31. The molecule has 2 aromatic rings. The van der Waals surface area contributed by atoms with Gasteiger partial charge in [-0.1, -0.05) is 18.6 Å². The van der Waals surface area contributed by atoms with Crippen molar-refractivity contribution in [1.82, 2.24) is 9.29 Å². The molecule has 0 radical (unpaired) electrons. The molecule has 0 aliphatic carbocycles. The second-order valence-electron chi connectivity index (χ2n) is 5.93. The number of carboxylic acid groups (broad SMARTS) is 1. The van der Waals surface area contributed by atoms with Crippen molar-refractivity contribution in [2.24, 2.45) is 0 Å². The minimum absolute atomic E-state index is 0.209. The Hall–Kier alpha value is -2.45. The minimum atomic E-state index is -3.51. The molecule has 1 aromatic carbocycles. The highest BCUT2D eigenvalue weighted by molar-refractivity contribution is 7.89. The fraction of sp³-hybridized carbons (Fsp3) is 0.294. The number of aromatic nitrogens is 1. The van der Waals surface area contributed by atoms with Gasteiger partial charge < -0.3 is 10.1 Å². The van der Waals surface area contributed by atoms with E-state index in [2.05, 4.69) is 4.98 Å². The molecule has 3 rings (SSSR count). The molecule has 8 heteroatoms. The van der Waals surface area contributed by atoms with Crippen LogP contribution >= 0.6 is 0 Å². The number of benzene rings is 1. The summed E-state index contributed by atoms with van der Waals surface area (Å²) in [6, 6.07) is 7.50. The van der Waals surface area contributed by atoms with Crippen molar-refractivity contribution >= 4 is 16.0 Å². The minimum Gasteiger partial charge on any atom is -0.477 e. The number of sulfonamides is 1. The third-order valence-electron chi connectivity index (χ3n) is 4.27. The Balaban J connectivity index is 1.91. The summed E-state index contributed by atoms with van der Waals surface area (Å²) in [5.41, 5.74) is 0.0818. The molecule has 2 N–H and O–H groups in total. The number of H-pyrrole nitrogens is 1. The first-order chi connectivity index (χ1) is 11.9. The Kier molecular flexibility index (Phi) is 4.73. The van der Waals surface area contributed by atoms with E-state index in [9.17, 15) is 18.0 Å². The molecule has 1 saturated heterocycles. The van der Waals surface area contributed by atoms with Crippen LogP contribution in [0.25, 0.3) is 11.1 Å². The number of nitrogens with one attached hydrogen (secondary N) is 1. The first-order valence-electron chi connectivity index (χ1n) is 7.96. The van der Waals surface area contributed by atoms with Crippen LogP contribution in [-0.4, -0.2) is 41.9 Å². The third kappa shape index (κ3) is 3.49. The van der Waals surface area contributed by atoms with Gasteiger partial charge in [0, 0.05) is 19.3 Å². The summed E-state index contributed by atoms with van der Waals surface area (Å²) >= 11 is 0. The molecule has 7 nitrogen and oxygen atoms in total. The zero-order valence-corrected chi connectivity index (χ0v) is 14.3. The number of hydrogen-bond acceptors (Lipinski definition) is 4. The largest absolute Gasteiger partial charge is 0.477 e. The quantitative estimate of drug-likeness (QED) is 0.864. The van der Waals surface area contributed by atoms with Crippen molar-refractivity contribution < 1.29 is 18.3 Å². The van der Waals surface area contributed by atoms with Crippen LogP contribution in [0.2, 0.25) is 0 Å². The second kappa shape index (κ2) is 6.81. The fourth-order valence-corrected chi connectivity index (χ4v) is 4.40. The topological polar surface area (TPSA) is 108 Å². The monoisotopic (exact) mass is 362 g/mol. The van der Waals surface area contributed by atoms with Crippen LogP contribution in [0.15, 0.2) is 46.2 Å². The number of carboxylic acids is 1. The molecule has 132 valence electrons. The maximum Gasteiger partial charge on any atom is 0.341 e. The maximum atomic E-state index is 12.6. The molecule has 0 bridgehead atoms. The molecule has 0 atom stereocenters. The van der Waals surface area contributed by atoms with E-state index >= 15 is 0 Å². The molecule has 1 aliphatic heterocycles. The number of rotatable bonds is 4. The summed E-state index contributed by atoms with van der Waals surface area (Å²) in [4.78, 5) is 25.1. The number of carbonyl (C=O) groups is 1. The average Bonchev–Trinajstić information content (AvgIpc) is 2.63. The number of aromatic carboxylic acids is 1. The van der Waals surface area contributed by atoms with Crippen LogP contribution in [0.3, 0.4) is 0 Å². The van der Waals surface area contributed by atoms with E-state index in [1.165, 1.54) is 28.7 Å². The van der Waals surface area contributed by atoms with Crippen LogP contribution in [0.5, 0.6) is 0 Å². The van der Waals surface area contributed by atoms with E-state index in [1.54, 1.807) is 12.1 Å². The SMILES string of the molecule is O=C(O)c1cc(-c2ccc(S(=O)(=O)N3CCCCC3)cc2)c[nH]c1=O. The van der Waals surface area contributed by atoms with Gasteiger partial charge in [0.05, 0.1) is 4.90 Å². The fourth-order valence-electron chi connectivity index (χ4n) is 2.88. The molecule has 25 heavy (non-hydrogen) atoms. The Labute approximate surface area is 145 Å². The van der Waals surface area contributed by atoms with E-state index < -0.39 is 21.6 Å². The van der Waals surface area contributed by atoms with Crippen molar-refractivity contribution in [2.75, 3.05) is 13.1 Å². The molecular weight excluding hydrogens is 344 g/mol. The first-order valence-corrected chi connectivity index (χ1v) is 9.40. The van der Waals surface area contributed by atoms with E-state index in [0.717, 1.165) is 19.3 Å². The molecule has 1 aromatic heterocycles. The van der Waals surface area contributed by atoms with Gasteiger partial charge in [0.2, 0.25) is 10.0 Å². The predicted molar refractivity (Wildman–Crippen MR) is 92.1 cm³/mol. The van der Waals surface area contributed by atoms with Gasteiger partial charge in [-0.2, -0.15) is 4.31 Å². The van der Waals surface area contributed by atoms with Gasteiger partial charge in [-0.05, 0) is 42.2 Å². The molecule has 2 heterocycles. The molecule has 0 saturated carbocycles. The number of nitrogens with zero attached hydrogens (tertiary/aromatic N) is 1. The predicted octanol–water partition coefficient (Wildman–Crippen LogP) is 1.91. The van der Waals surface area contributed by atoms with E-state index in [1.807, 2.05) is 0 Å². The lowest BCUT2D eigenvalue weighted by Gasteiger charge is -2.25. The molecule has 1 aliphatic rings. The summed E-state index contributed by atoms with van der Waals surface area (Å²) in [6.45, 7) is 1.07. The van der Waals surface area contributed by atoms with Gasteiger partial charge in [0.25, 0.3) is 5.56 Å². The lowest BCUT2D eigenvalue weighted by Crippen LogP contribution is -2.35. The summed E-state index contributed by atoms with van der Waals surface area (Å²) in [6.07, 6.45) is 4.19.